The third-order valence-corrected chi connectivity index (χ3v) is 5.17. The Kier molecular flexibility index (Phi) is 5.38. The summed E-state index contributed by atoms with van der Waals surface area (Å²) in [6, 6.07) is 18.9. The summed E-state index contributed by atoms with van der Waals surface area (Å²) in [5, 5.41) is 0. The summed E-state index contributed by atoms with van der Waals surface area (Å²) in [4.78, 5) is 27.5. The van der Waals surface area contributed by atoms with E-state index < -0.39 is 23.8 Å². The minimum absolute atomic E-state index is 0.280. The highest BCUT2D eigenvalue weighted by Gasteiger charge is 2.55. The summed E-state index contributed by atoms with van der Waals surface area (Å²) in [7, 11) is 4.65. The van der Waals surface area contributed by atoms with Crippen LogP contribution in [0.5, 0.6) is 0 Å². The van der Waals surface area contributed by atoms with Crippen molar-refractivity contribution in [1.82, 2.24) is 4.90 Å². The summed E-state index contributed by atoms with van der Waals surface area (Å²) in [5.41, 5.74) is 1.94. The zero-order chi connectivity index (χ0) is 18.7. The molecule has 5 heteroatoms. The van der Waals surface area contributed by atoms with Crippen LogP contribution in [0.25, 0.3) is 0 Å². The van der Waals surface area contributed by atoms with E-state index in [-0.39, 0.29) is 12.1 Å². The molecule has 3 rings (SSSR count). The number of nitrogens with zero attached hydrogens (tertiary/aromatic N) is 1. The van der Waals surface area contributed by atoms with Crippen molar-refractivity contribution in [2.45, 2.75) is 12.1 Å². The summed E-state index contributed by atoms with van der Waals surface area (Å²) >= 11 is 0. The Labute approximate surface area is 153 Å². The molecule has 26 heavy (non-hydrogen) atoms. The van der Waals surface area contributed by atoms with Crippen molar-refractivity contribution in [2.24, 2.45) is 11.8 Å². The number of carbonyl (C=O) groups is 2. The molecule has 0 aromatic heterocycles. The first-order valence-corrected chi connectivity index (χ1v) is 8.57. The third kappa shape index (κ3) is 3.10. The number of methoxy groups -OCH3 is 2. The average molecular weight is 353 g/mol. The van der Waals surface area contributed by atoms with Gasteiger partial charge in [0.1, 0.15) is 0 Å². The van der Waals surface area contributed by atoms with Crippen LogP contribution in [0.2, 0.25) is 0 Å². The lowest BCUT2D eigenvalue weighted by Gasteiger charge is -2.27. The van der Waals surface area contributed by atoms with Gasteiger partial charge in [0.05, 0.1) is 26.1 Å². The van der Waals surface area contributed by atoms with Gasteiger partial charge in [-0.1, -0.05) is 60.7 Å². The first-order valence-electron chi connectivity index (χ1n) is 8.57. The number of esters is 2. The lowest BCUT2D eigenvalue weighted by molar-refractivity contribution is -0.157. The Morgan fingerprint density at radius 2 is 1.08 bits per heavy atom. The van der Waals surface area contributed by atoms with Gasteiger partial charge in [0.25, 0.3) is 0 Å². The molecule has 0 saturated carbocycles. The van der Waals surface area contributed by atoms with E-state index in [2.05, 4.69) is 4.90 Å². The van der Waals surface area contributed by atoms with Crippen molar-refractivity contribution in [2.75, 3.05) is 21.3 Å². The first-order chi connectivity index (χ1) is 12.6. The van der Waals surface area contributed by atoms with Gasteiger partial charge in [-0.25, -0.2) is 0 Å². The molecule has 1 aliphatic heterocycles. The smallest absolute Gasteiger partial charge is 0.311 e. The fraction of sp³-hybridized carbons (Fsp3) is 0.333. The molecule has 0 spiro atoms. The Hall–Kier alpha value is -2.66. The second kappa shape index (κ2) is 7.70. The average Bonchev–Trinajstić information content (AvgIpc) is 3.01. The molecule has 136 valence electrons. The van der Waals surface area contributed by atoms with Gasteiger partial charge in [0.2, 0.25) is 0 Å². The molecular formula is C21H23NO4. The van der Waals surface area contributed by atoms with Crippen LogP contribution in [0.15, 0.2) is 60.7 Å². The van der Waals surface area contributed by atoms with Crippen molar-refractivity contribution in [3.8, 4) is 0 Å². The number of ether oxygens (including phenoxy) is 2. The lowest BCUT2D eigenvalue weighted by Crippen LogP contribution is -2.32. The van der Waals surface area contributed by atoms with E-state index in [1.54, 1.807) is 0 Å². The zero-order valence-electron chi connectivity index (χ0n) is 15.2. The van der Waals surface area contributed by atoms with E-state index in [0.717, 1.165) is 11.1 Å². The Balaban J connectivity index is 2.15. The highest BCUT2D eigenvalue weighted by molar-refractivity contribution is 5.84. The van der Waals surface area contributed by atoms with Crippen molar-refractivity contribution >= 4 is 11.9 Å². The maximum Gasteiger partial charge on any atom is 0.311 e. The normalized spacial score (nSPS) is 25.7. The van der Waals surface area contributed by atoms with Crippen LogP contribution >= 0.6 is 0 Å². The molecule has 2 aromatic carbocycles. The standard InChI is InChI=1S/C21H23NO4/c1-22-18(14-10-6-4-7-11-14)16(20(23)25-2)17(21(24)26-3)19(22)15-12-8-5-9-13-15/h4-13,16-19H,1-3H3/t16-,17-,18+,19+/m0/s1. The molecule has 0 N–H and O–H groups in total. The van der Waals surface area contributed by atoms with E-state index in [4.69, 9.17) is 9.47 Å². The van der Waals surface area contributed by atoms with E-state index in [1.807, 2.05) is 67.7 Å². The van der Waals surface area contributed by atoms with Gasteiger partial charge in [0.15, 0.2) is 0 Å². The minimum Gasteiger partial charge on any atom is -0.469 e. The predicted octanol–water partition coefficient (Wildman–Crippen LogP) is 2.99. The molecule has 2 aromatic rings. The predicted molar refractivity (Wildman–Crippen MR) is 97.1 cm³/mol. The highest BCUT2D eigenvalue weighted by Crippen LogP contribution is 2.51. The molecule has 1 fully saturated rings. The SMILES string of the molecule is COC(=O)[C@H]1[C@H](C(=O)OC)[C@@H](c2ccccc2)N(C)[C@@H]1c1ccccc1. The Morgan fingerprint density at radius 1 is 0.731 bits per heavy atom. The third-order valence-electron chi connectivity index (χ3n) is 5.17. The van der Waals surface area contributed by atoms with Crippen molar-refractivity contribution in [3.05, 3.63) is 71.8 Å². The highest BCUT2D eigenvalue weighted by atomic mass is 16.5. The van der Waals surface area contributed by atoms with Crippen LogP contribution in [0.4, 0.5) is 0 Å². The maximum absolute atomic E-state index is 12.7. The molecule has 0 aliphatic carbocycles. The fourth-order valence-electron chi connectivity index (χ4n) is 4.08. The van der Waals surface area contributed by atoms with Crippen molar-refractivity contribution in [3.63, 3.8) is 0 Å². The minimum atomic E-state index is -0.648. The molecule has 4 atom stereocenters. The topological polar surface area (TPSA) is 55.8 Å². The Bertz CT molecular complexity index is 697. The summed E-state index contributed by atoms with van der Waals surface area (Å²) in [6.45, 7) is 0. The number of hydrogen-bond donors (Lipinski definition) is 0. The van der Waals surface area contributed by atoms with Crippen LogP contribution in [0.1, 0.15) is 23.2 Å². The number of likely N-dealkylation sites (tertiary alicyclic amines) is 1. The molecule has 0 amide bonds. The summed E-state index contributed by atoms with van der Waals surface area (Å²) in [5.74, 6) is -2.10. The Morgan fingerprint density at radius 3 is 1.38 bits per heavy atom. The number of carbonyl (C=O) groups excluding carboxylic acids is 2. The van der Waals surface area contributed by atoms with E-state index in [1.165, 1.54) is 14.2 Å². The van der Waals surface area contributed by atoms with Gasteiger partial charge in [0, 0.05) is 12.1 Å². The van der Waals surface area contributed by atoms with Crippen molar-refractivity contribution in [1.29, 1.82) is 0 Å². The lowest BCUT2D eigenvalue weighted by atomic mass is 9.82. The van der Waals surface area contributed by atoms with E-state index in [0.29, 0.717) is 0 Å². The van der Waals surface area contributed by atoms with Gasteiger partial charge in [-0.2, -0.15) is 0 Å². The molecule has 0 bridgehead atoms. The quantitative estimate of drug-likeness (QED) is 0.791. The second-order valence-electron chi connectivity index (χ2n) is 6.47. The first kappa shape index (κ1) is 18.1. The second-order valence-corrected chi connectivity index (χ2v) is 6.47. The van der Waals surface area contributed by atoms with E-state index in [9.17, 15) is 9.59 Å². The van der Waals surface area contributed by atoms with Gasteiger partial charge in [-0.05, 0) is 18.2 Å². The molecule has 5 nitrogen and oxygen atoms in total. The molecule has 1 aliphatic rings. The molecule has 1 saturated heterocycles. The van der Waals surface area contributed by atoms with Crippen LogP contribution in [0.3, 0.4) is 0 Å². The van der Waals surface area contributed by atoms with Gasteiger partial charge < -0.3 is 9.47 Å². The monoisotopic (exact) mass is 353 g/mol. The summed E-state index contributed by atoms with van der Waals surface area (Å²) in [6.07, 6.45) is 0. The van der Waals surface area contributed by atoms with Crippen LogP contribution < -0.4 is 0 Å². The van der Waals surface area contributed by atoms with Crippen LogP contribution in [-0.2, 0) is 19.1 Å². The number of rotatable bonds is 4. The van der Waals surface area contributed by atoms with Crippen molar-refractivity contribution < 1.29 is 19.1 Å². The largest absolute Gasteiger partial charge is 0.469 e. The maximum atomic E-state index is 12.7. The molecule has 1 heterocycles. The fourth-order valence-corrected chi connectivity index (χ4v) is 4.08. The van der Waals surface area contributed by atoms with Gasteiger partial charge in [-0.3, -0.25) is 14.5 Å². The van der Waals surface area contributed by atoms with Gasteiger partial charge in [-0.15, -0.1) is 0 Å². The zero-order valence-corrected chi connectivity index (χ0v) is 15.2. The van der Waals surface area contributed by atoms with Gasteiger partial charge >= 0.3 is 11.9 Å². The van der Waals surface area contributed by atoms with Crippen LogP contribution in [-0.4, -0.2) is 38.1 Å². The van der Waals surface area contributed by atoms with E-state index >= 15 is 0 Å². The molecule has 0 unspecified atom stereocenters. The number of hydrogen-bond acceptors (Lipinski definition) is 5. The van der Waals surface area contributed by atoms with Crippen LogP contribution in [0, 0.1) is 11.8 Å². The number of benzene rings is 2. The molecule has 0 radical (unpaired) electrons. The molecular weight excluding hydrogens is 330 g/mol. The summed E-state index contributed by atoms with van der Waals surface area (Å²) < 4.78 is 10.1.